The van der Waals surface area contributed by atoms with Gasteiger partial charge in [0.15, 0.2) is 0 Å². The lowest BCUT2D eigenvalue weighted by Crippen LogP contribution is -2.05. The zero-order chi connectivity index (χ0) is 11.9. The van der Waals surface area contributed by atoms with Gasteiger partial charge < -0.3 is 0 Å². The summed E-state index contributed by atoms with van der Waals surface area (Å²) in [7, 11) is 0. The molecule has 0 amide bonds. The van der Waals surface area contributed by atoms with Gasteiger partial charge in [-0.3, -0.25) is 0 Å². The predicted octanol–water partition coefficient (Wildman–Crippen LogP) is 5.07. The summed E-state index contributed by atoms with van der Waals surface area (Å²) in [6, 6.07) is 6.47. The van der Waals surface area contributed by atoms with Crippen molar-refractivity contribution < 1.29 is 0 Å². The lowest BCUT2D eigenvalue weighted by molar-refractivity contribution is 0.565. The van der Waals surface area contributed by atoms with Crippen molar-refractivity contribution in [3.05, 3.63) is 46.0 Å². The fraction of sp³-hybridized carbons (Fsp3) is 0.467. The monoisotopic (exact) mass is 278 g/mol. The van der Waals surface area contributed by atoms with Gasteiger partial charge in [-0.2, -0.15) is 0 Å². The van der Waals surface area contributed by atoms with E-state index < -0.39 is 0 Å². The van der Waals surface area contributed by atoms with Crippen molar-refractivity contribution in [3.63, 3.8) is 0 Å². The van der Waals surface area contributed by atoms with E-state index in [1.165, 1.54) is 27.6 Å². The van der Waals surface area contributed by atoms with Crippen LogP contribution in [0.15, 0.2) is 34.8 Å². The molecular weight excluding hydrogens is 260 g/mol. The van der Waals surface area contributed by atoms with E-state index in [0.717, 1.165) is 0 Å². The maximum Gasteiger partial charge on any atom is 0.0212 e. The van der Waals surface area contributed by atoms with E-state index in [-0.39, 0.29) is 0 Å². The van der Waals surface area contributed by atoms with Gasteiger partial charge in [-0.15, -0.1) is 0 Å². The lowest BCUT2D eigenvalue weighted by atomic mass is 9.86. The van der Waals surface area contributed by atoms with Gasteiger partial charge in [-0.05, 0) is 48.3 Å². The molecule has 1 heteroatoms. The highest BCUT2D eigenvalue weighted by molar-refractivity contribution is 9.10. The number of benzene rings is 1. The van der Waals surface area contributed by atoms with Crippen LogP contribution in [0.2, 0.25) is 0 Å². The molecule has 16 heavy (non-hydrogen) atoms. The highest BCUT2D eigenvalue weighted by Gasteiger charge is 2.34. The summed E-state index contributed by atoms with van der Waals surface area (Å²) in [6.07, 6.45) is 1.24. The summed E-state index contributed by atoms with van der Waals surface area (Å²) < 4.78 is 1.26. The molecule has 1 fully saturated rings. The average Bonchev–Trinajstić information content (AvgIpc) is 2.47. The summed E-state index contributed by atoms with van der Waals surface area (Å²) >= 11 is 3.69. The largest absolute Gasteiger partial charge is 0.0993 e. The summed E-state index contributed by atoms with van der Waals surface area (Å²) in [5.41, 5.74) is 4.30. The summed E-state index contributed by atoms with van der Waals surface area (Å²) in [5.74, 6) is 1.90. The average molecular weight is 279 g/mol. The van der Waals surface area contributed by atoms with Gasteiger partial charge in [0.1, 0.15) is 0 Å². The highest BCUT2D eigenvalue weighted by Crippen LogP contribution is 2.48. The fourth-order valence-corrected chi connectivity index (χ4v) is 3.69. The van der Waals surface area contributed by atoms with Crippen molar-refractivity contribution in [2.24, 2.45) is 11.8 Å². The molecule has 3 atom stereocenters. The first-order valence-electron chi connectivity index (χ1n) is 5.96. The number of halogens is 1. The van der Waals surface area contributed by atoms with Gasteiger partial charge in [-0.1, -0.05) is 54.1 Å². The Balaban J connectivity index is 2.42. The van der Waals surface area contributed by atoms with E-state index in [1.807, 2.05) is 0 Å². The van der Waals surface area contributed by atoms with Crippen LogP contribution in [0.5, 0.6) is 0 Å². The van der Waals surface area contributed by atoms with Crippen molar-refractivity contribution in [2.75, 3.05) is 0 Å². The van der Waals surface area contributed by atoms with Crippen molar-refractivity contribution in [2.45, 2.75) is 33.1 Å². The quantitative estimate of drug-likeness (QED) is 0.629. The molecule has 1 aliphatic rings. The predicted molar refractivity (Wildman–Crippen MR) is 73.7 cm³/mol. The summed E-state index contributed by atoms with van der Waals surface area (Å²) in [6.45, 7) is 11.1. The minimum Gasteiger partial charge on any atom is -0.0993 e. The molecule has 1 saturated carbocycles. The second-order valence-electron chi connectivity index (χ2n) is 5.08. The van der Waals surface area contributed by atoms with E-state index in [1.54, 1.807) is 0 Å². The van der Waals surface area contributed by atoms with Crippen molar-refractivity contribution >= 4 is 15.9 Å². The zero-order valence-corrected chi connectivity index (χ0v) is 11.8. The van der Waals surface area contributed by atoms with E-state index in [4.69, 9.17) is 0 Å². The van der Waals surface area contributed by atoms with Crippen molar-refractivity contribution in [1.82, 2.24) is 0 Å². The number of hydrogen-bond donors (Lipinski definition) is 0. The van der Waals surface area contributed by atoms with Crippen LogP contribution in [0.4, 0.5) is 0 Å². The molecular formula is C15H19Br. The van der Waals surface area contributed by atoms with Crippen LogP contribution in [0.1, 0.15) is 37.3 Å². The first kappa shape index (κ1) is 11.9. The molecule has 1 aromatic rings. The Labute approximate surface area is 107 Å². The second-order valence-corrected chi connectivity index (χ2v) is 5.93. The first-order valence-corrected chi connectivity index (χ1v) is 6.75. The molecule has 0 nitrogen and oxygen atoms in total. The van der Waals surface area contributed by atoms with Gasteiger partial charge in [-0.25, -0.2) is 0 Å². The molecule has 0 N–H and O–H groups in total. The fourth-order valence-electron chi connectivity index (χ4n) is 2.93. The second kappa shape index (κ2) is 4.37. The van der Waals surface area contributed by atoms with Gasteiger partial charge in [0.2, 0.25) is 0 Å². The van der Waals surface area contributed by atoms with Crippen LogP contribution < -0.4 is 0 Å². The molecule has 0 saturated heterocycles. The Morgan fingerprint density at radius 2 is 2.00 bits per heavy atom. The molecule has 86 valence electrons. The number of hydrogen-bond acceptors (Lipinski definition) is 0. The number of rotatable bonds is 1. The maximum atomic E-state index is 4.24. The van der Waals surface area contributed by atoms with Crippen LogP contribution in [0.3, 0.4) is 0 Å². The Hall–Kier alpha value is -0.560. The third kappa shape index (κ3) is 1.86. The van der Waals surface area contributed by atoms with Crippen LogP contribution in [0, 0.1) is 18.8 Å². The Morgan fingerprint density at radius 3 is 2.50 bits per heavy atom. The molecule has 2 rings (SSSR count). The van der Waals surface area contributed by atoms with Crippen LogP contribution in [0.25, 0.3) is 0 Å². The molecule has 0 aliphatic heterocycles. The van der Waals surface area contributed by atoms with Crippen molar-refractivity contribution in [1.29, 1.82) is 0 Å². The molecule has 0 spiro atoms. The topological polar surface area (TPSA) is 0 Å². The molecule has 3 unspecified atom stereocenters. The standard InChI is InChI=1S/C15H19Br/c1-9-6-5-7-14(16)15(9)13-8-10(2)11(3)12(13)4/h5-7,10,12-13H,3,8H2,1-2,4H3. The van der Waals surface area contributed by atoms with Gasteiger partial charge >= 0.3 is 0 Å². The Bertz CT molecular complexity index is 399. The van der Waals surface area contributed by atoms with E-state index >= 15 is 0 Å². The smallest absolute Gasteiger partial charge is 0.0212 e. The molecule has 0 radical (unpaired) electrons. The van der Waals surface area contributed by atoms with Gasteiger partial charge in [0.25, 0.3) is 0 Å². The normalized spacial score (nSPS) is 29.8. The lowest BCUT2D eigenvalue weighted by Gasteiger charge is -2.20. The van der Waals surface area contributed by atoms with Crippen LogP contribution >= 0.6 is 15.9 Å². The third-order valence-electron chi connectivity index (χ3n) is 4.07. The minimum atomic E-state index is 0.604. The first-order chi connectivity index (χ1) is 7.52. The van der Waals surface area contributed by atoms with Gasteiger partial charge in [0, 0.05) is 4.47 Å². The zero-order valence-electron chi connectivity index (χ0n) is 10.3. The maximum absolute atomic E-state index is 4.24. The van der Waals surface area contributed by atoms with E-state index in [0.29, 0.717) is 17.8 Å². The SMILES string of the molecule is C=C1C(C)CC(c2c(C)cccc2Br)C1C. The number of aryl methyl sites for hydroxylation is 1. The van der Waals surface area contributed by atoms with Crippen LogP contribution in [-0.4, -0.2) is 0 Å². The molecule has 1 aromatic carbocycles. The van der Waals surface area contributed by atoms with Gasteiger partial charge in [0.05, 0.1) is 0 Å². The summed E-state index contributed by atoms with van der Waals surface area (Å²) in [5, 5.41) is 0. The van der Waals surface area contributed by atoms with Crippen LogP contribution in [-0.2, 0) is 0 Å². The van der Waals surface area contributed by atoms with Crippen molar-refractivity contribution in [3.8, 4) is 0 Å². The molecule has 0 bridgehead atoms. The minimum absolute atomic E-state index is 0.604. The molecule has 0 aromatic heterocycles. The Morgan fingerprint density at radius 1 is 1.31 bits per heavy atom. The highest BCUT2D eigenvalue weighted by atomic mass is 79.9. The number of allylic oxidation sites excluding steroid dienone is 1. The summed E-state index contributed by atoms with van der Waals surface area (Å²) in [4.78, 5) is 0. The Kier molecular flexibility index (Phi) is 3.25. The molecule has 1 aliphatic carbocycles. The van der Waals surface area contributed by atoms with E-state index in [9.17, 15) is 0 Å². The van der Waals surface area contributed by atoms with E-state index in [2.05, 4.69) is 61.5 Å². The third-order valence-corrected chi connectivity index (χ3v) is 4.76. The molecule has 0 heterocycles.